The van der Waals surface area contributed by atoms with Crippen LogP contribution in [-0.4, -0.2) is 31.4 Å². The van der Waals surface area contributed by atoms with E-state index in [2.05, 4.69) is 20.5 Å². The average molecular weight is 470 g/mol. The van der Waals surface area contributed by atoms with Crippen LogP contribution in [0.2, 0.25) is 0 Å². The van der Waals surface area contributed by atoms with Gasteiger partial charge in [0.2, 0.25) is 5.91 Å². The molecule has 2 aromatic heterocycles. The van der Waals surface area contributed by atoms with Crippen LogP contribution >= 0.6 is 23.1 Å². The molecule has 1 aliphatic rings. The number of thiazole rings is 1. The minimum atomic E-state index is -0.572. The van der Waals surface area contributed by atoms with Crippen LogP contribution in [-0.2, 0) is 4.79 Å². The van der Waals surface area contributed by atoms with Gasteiger partial charge < -0.3 is 5.32 Å². The predicted octanol–water partition coefficient (Wildman–Crippen LogP) is 5.28. The third-order valence-electron chi connectivity index (χ3n) is 4.90. The van der Waals surface area contributed by atoms with Gasteiger partial charge >= 0.3 is 0 Å². The number of amides is 1. The Bertz CT molecular complexity index is 1270. The molecule has 0 atom stereocenters. The predicted molar refractivity (Wildman–Crippen MR) is 120 cm³/mol. The molecular weight excluding hydrogens is 452 g/mol. The Labute approximate surface area is 190 Å². The Balaban J connectivity index is 1.27. The van der Waals surface area contributed by atoms with Crippen LogP contribution < -0.4 is 5.32 Å². The Morgan fingerprint density at radius 2 is 1.97 bits per heavy atom. The van der Waals surface area contributed by atoms with Gasteiger partial charge in [0.25, 0.3) is 0 Å². The number of hydrogen-bond acceptors (Lipinski definition) is 6. The van der Waals surface area contributed by atoms with Crippen molar-refractivity contribution < 1.29 is 13.6 Å². The fourth-order valence-corrected chi connectivity index (χ4v) is 4.72. The van der Waals surface area contributed by atoms with Gasteiger partial charge in [-0.1, -0.05) is 30.0 Å². The molecule has 162 valence electrons. The first-order chi connectivity index (χ1) is 15.6. The first-order valence-corrected chi connectivity index (χ1v) is 11.8. The van der Waals surface area contributed by atoms with Gasteiger partial charge in [-0.05, 0) is 43.2 Å². The SMILES string of the molecule is O=C(CSc1nnc(C2CC2)n1-c1ccccc1)Nc1nc(-c2cc(F)ccc2F)cs1. The molecule has 0 radical (unpaired) electrons. The molecule has 1 fully saturated rings. The number of thioether (sulfide) groups is 1. The molecule has 1 amide bonds. The third-order valence-corrected chi connectivity index (χ3v) is 6.59. The highest BCUT2D eigenvalue weighted by Gasteiger charge is 2.31. The van der Waals surface area contributed by atoms with Gasteiger partial charge in [0.1, 0.15) is 17.5 Å². The summed E-state index contributed by atoms with van der Waals surface area (Å²) in [4.78, 5) is 16.7. The summed E-state index contributed by atoms with van der Waals surface area (Å²) in [7, 11) is 0. The van der Waals surface area contributed by atoms with Crippen LogP contribution in [0.5, 0.6) is 0 Å². The summed E-state index contributed by atoms with van der Waals surface area (Å²) < 4.78 is 29.4. The number of carbonyl (C=O) groups is 1. The second-order valence-corrected chi connectivity index (χ2v) is 9.09. The van der Waals surface area contributed by atoms with Crippen molar-refractivity contribution in [2.45, 2.75) is 23.9 Å². The van der Waals surface area contributed by atoms with E-state index in [1.54, 1.807) is 5.38 Å². The van der Waals surface area contributed by atoms with Crippen molar-refractivity contribution >= 4 is 34.1 Å². The molecule has 0 saturated heterocycles. The molecule has 0 aliphatic heterocycles. The maximum absolute atomic E-state index is 14.0. The second kappa shape index (κ2) is 8.79. The van der Waals surface area contributed by atoms with Crippen molar-refractivity contribution in [3.8, 4) is 16.9 Å². The van der Waals surface area contributed by atoms with Gasteiger partial charge in [0.05, 0.1) is 11.4 Å². The van der Waals surface area contributed by atoms with E-state index in [1.807, 2.05) is 34.9 Å². The molecule has 1 saturated carbocycles. The average Bonchev–Trinajstić information content (AvgIpc) is 3.39. The lowest BCUT2D eigenvalue weighted by Gasteiger charge is -2.09. The van der Waals surface area contributed by atoms with Crippen molar-refractivity contribution in [1.82, 2.24) is 19.7 Å². The standard InChI is InChI=1S/C22H17F2N5OS2/c23-14-8-9-17(24)16(10-14)18-11-31-21(25-18)26-19(30)12-32-22-28-27-20(13-6-7-13)29(22)15-4-2-1-3-5-15/h1-5,8-11,13H,6-7,12H2,(H,25,26,30). The molecule has 32 heavy (non-hydrogen) atoms. The van der Waals surface area contributed by atoms with Gasteiger partial charge in [0, 0.05) is 22.5 Å². The summed E-state index contributed by atoms with van der Waals surface area (Å²) >= 11 is 2.44. The number of halogens is 2. The Hall–Kier alpha value is -3.11. The largest absolute Gasteiger partial charge is 0.301 e. The number of nitrogens with one attached hydrogen (secondary N) is 1. The maximum Gasteiger partial charge on any atom is 0.236 e. The zero-order valence-corrected chi connectivity index (χ0v) is 18.3. The van der Waals surface area contributed by atoms with Crippen LogP contribution in [0.3, 0.4) is 0 Å². The number of benzene rings is 2. The first kappa shape index (κ1) is 20.8. The normalized spacial score (nSPS) is 13.3. The minimum Gasteiger partial charge on any atom is -0.301 e. The van der Waals surface area contributed by atoms with E-state index in [1.165, 1.54) is 11.8 Å². The Morgan fingerprint density at radius 3 is 2.75 bits per heavy atom. The van der Waals surface area contributed by atoms with Crippen LogP contribution in [0.1, 0.15) is 24.6 Å². The van der Waals surface area contributed by atoms with E-state index >= 15 is 0 Å². The highest BCUT2D eigenvalue weighted by atomic mass is 32.2. The summed E-state index contributed by atoms with van der Waals surface area (Å²) in [5, 5.41) is 13.9. The summed E-state index contributed by atoms with van der Waals surface area (Å²) in [5.74, 6) is 0.0370. The number of nitrogens with zero attached hydrogens (tertiary/aromatic N) is 4. The number of anilines is 1. The van der Waals surface area contributed by atoms with Crippen molar-refractivity contribution in [1.29, 1.82) is 0 Å². The number of hydrogen-bond donors (Lipinski definition) is 1. The fourth-order valence-electron chi connectivity index (χ4n) is 3.23. The van der Waals surface area contributed by atoms with E-state index in [-0.39, 0.29) is 22.9 Å². The van der Waals surface area contributed by atoms with Crippen molar-refractivity contribution in [2.75, 3.05) is 11.1 Å². The summed E-state index contributed by atoms with van der Waals surface area (Å²) in [6.45, 7) is 0. The van der Waals surface area contributed by atoms with Gasteiger partial charge in [-0.2, -0.15) is 0 Å². The quantitative estimate of drug-likeness (QED) is 0.373. The molecular formula is C22H17F2N5OS2. The minimum absolute atomic E-state index is 0.0553. The van der Waals surface area contributed by atoms with E-state index in [0.29, 0.717) is 16.2 Å². The lowest BCUT2D eigenvalue weighted by atomic mass is 10.1. The van der Waals surface area contributed by atoms with Crippen LogP contribution in [0, 0.1) is 11.6 Å². The molecule has 4 aromatic rings. The molecule has 0 unspecified atom stereocenters. The van der Waals surface area contributed by atoms with E-state index < -0.39 is 11.6 Å². The zero-order chi connectivity index (χ0) is 22.1. The number of para-hydroxylation sites is 1. The summed E-state index contributed by atoms with van der Waals surface area (Å²) in [6.07, 6.45) is 2.18. The van der Waals surface area contributed by atoms with Crippen LogP contribution in [0.4, 0.5) is 13.9 Å². The number of carbonyl (C=O) groups excluding carboxylic acids is 1. The van der Waals surface area contributed by atoms with Crippen LogP contribution in [0.15, 0.2) is 59.1 Å². The second-order valence-electron chi connectivity index (χ2n) is 7.28. The monoisotopic (exact) mass is 469 g/mol. The molecule has 2 aromatic carbocycles. The maximum atomic E-state index is 14.0. The van der Waals surface area contributed by atoms with Gasteiger partial charge in [-0.15, -0.1) is 21.5 Å². The van der Waals surface area contributed by atoms with E-state index in [4.69, 9.17) is 0 Å². The van der Waals surface area contributed by atoms with E-state index in [9.17, 15) is 13.6 Å². The summed E-state index contributed by atoms with van der Waals surface area (Å²) in [6, 6.07) is 13.0. The molecule has 6 nitrogen and oxygen atoms in total. The highest BCUT2D eigenvalue weighted by molar-refractivity contribution is 7.99. The molecule has 2 heterocycles. The molecule has 10 heteroatoms. The third kappa shape index (κ3) is 4.42. The van der Waals surface area contributed by atoms with Crippen molar-refractivity contribution in [3.63, 3.8) is 0 Å². The highest BCUT2D eigenvalue weighted by Crippen LogP contribution is 2.41. The van der Waals surface area contributed by atoms with Crippen molar-refractivity contribution in [2.24, 2.45) is 0 Å². The van der Waals surface area contributed by atoms with Gasteiger partial charge in [-0.3, -0.25) is 9.36 Å². The lowest BCUT2D eigenvalue weighted by Crippen LogP contribution is -2.14. The Morgan fingerprint density at radius 1 is 1.16 bits per heavy atom. The topological polar surface area (TPSA) is 72.7 Å². The fraction of sp³-hybridized carbons (Fsp3) is 0.182. The molecule has 1 aliphatic carbocycles. The summed E-state index contributed by atoms with van der Waals surface area (Å²) in [5.41, 5.74) is 1.29. The van der Waals surface area contributed by atoms with E-state index in [0.717, 1.165) is 53.9 Å². The molecule has 0 bridgehead atoms. The van der Waals surface area contributed by atoms with Gasteiger partial charge in [-0.25, -0.2) is 13.8 Å². The molecule has 5 rings (SSSR count). The molecule has 1 N–H and O–H groups in total. The number of aromatic nitrogens is 4. The zero-order valence-electron chi connectivity index (χ0n) is 16.7. The number of rotatable bonds is 7. The first-order valence-electron chi connectivity index (χ1n) is 9.93. The van der Waals surface area contributed by atoms with Crippen LogP contribution in [0.25, 0.3) is 16.9 Å². The van der Waals surface area contributed by atoms with Gasteiger partial charge in [0.15, 0.2) is 10.3 Å². The lowest BCUT2D eigenvalue weighted by molar-refractivity contribution is -0.113. The Kier molecular flexibility index (Phi) is 5.71. The molecule has 0 spiro atoms. The van der Waals surface area contributed by atoms with Crippen molar-refractivity contribution in [3.05, 3.63) is 71.4 Å². The smallest absolute Gasteiger partial charge is 0.236 e.